The zero-order valence-electron chi connectivity index (χ0n) is 14.4. The molecule has 0 spiro atoms. The first-order chi connectivity index (χ1) is 13.2. The Morgan fingerprint density at radius 1 is 1.04 bits per heavy atom. The number of carbonyl (C=O) groups is 1. The lowest BCUT2D eigenvalue weighted by Gasteiger charge is -2.08. The number of benzene rings is 2. The third-order valence-corrected chi connectivity index (χ3v) is 4.71. The molecule has 0 bridgehead atoms. The Kier molecular flexibility index (Phi) is 4.62. The average Bonchev–Trinajstić information content (AvgIpc) is 3.13. The fourth-order valence-corrected chi connectivity index (χ4v) is 3.08. The highest BCUT2D eigenvalue weighted by Crippen LogP contribution is 2.23. The number of nitrogens with zero attached hydrogens (tertiary/aromatic N) is 2. The van der Waals surface area contributed by atoms with Crippen LogP contribution in [0.3, 0.4) is 0 Å². The van der Waals surface area contributed by atoms with Gasteiger partial charge in [0.05, 0.1) is 16.9 Å². The lowest BCUT2D eigenvalue weighted by molar-refractivity contribution is 0.102. The monoisotopic (exact) mass is 376 g/mol. The van der Waals surface area contributed by atoms with Crippen LogP contribution in [0.2, 0.25) is 5.02 Å². The van der Waals surface area contributed by atoms with E-state index in [9.17, 15) is 4.79 Å². The van der Waals surface area contributed by atoms with Crippen LogP contribution >= 0.6 is 11.6 Å². The van der Waals surface area contributed by atoms with Gasteiger partial charge < -0.3 is 11.1 Å². The van der Waals surface area contributed by atoms with Gasteiger partial charge in [0.25, 0.3) is 5.91 Å². The molecule has 3 N–H and O–H groups in total. The molecule has 0 atom stereocenters. The Balaban J connectivity index is 1.69. The molecule has 0 aliphatic heterocycles. The summed E-state index contributed by atoms with van der Waals surface area (Å²) in [6.07, 6.45) is 3.46. The van der Waals surface area contributed by atoms with Gasteiger partial charge in [0.2, 0.25) is 0 Å². The van der Waals surface area contributed by atoms with Crippen molar-refractivity contribution in [3.8, 4) is 11.1 Å². The summed E-state index contributed by atoms with van der Waals surface area (Å²) >= 11 is 6.13. The van der Waals surface area contributed by atoms with Gasteiger partial charge in [-0.3, -0.25) is 9.20 Å². The standard InChI is InChI=1S/C21H17ClN4O/c22-17-3-1-2-4-18(17)25-21(27)19-12-24-20-10-9-16(13-26(19)20)15-7-5-14(11-23)6-8-15/h1-10,12-13H,11,23H2,(H,25,27). The second-order valence-corrected chi connectivity index (χ2v) is 6.53. The summed E-state index contributed by atoms with van der Waals surface area (Å²) in [6, 6.07) is 19.0. The number of imidazole rings is 1. The average molecular weight is 377 g/mol. The number of hydrogen-bond donors (Lipinski definition) is 2. The molecule has 2 heterocycles. The van der Waals surface area contributed by atoms with E-state index in [1.807, 2.05) is 54.7 Å². The van der Waals surface area contributed by atoms with Crippen molar-refractivity contribution >= 4 is 28.8 Å². The number of nitrogens with two attached hydrogens (primary N) is 1. The van der Waals surface area contributed by atoms with Gasteiger partial charge in [-0.25, -0.2) is 4.98 Å². The third kappa shape index (κ3) is 3.43. The van der Waals surface area contributed by atoms with Crippen LogP contribution in [0.15, 0.2) is 73.1 Å². The summed E-state index contributed by atoms with van der Waals surface area (Å²) in [4.78, 5) is 17.0. The van der Waals surface area contributed by atoms with Gasteiger partial charge in [-0.05, 0) is 41.0 Å². The Bertz CT molecular complexity index is 1120. The van der Waals surface area contributed by atoms with Gasteiger partial charge in [0.15, 0.2) is 0 Å². The molecule has 0 unspecified atom stereocenters. The number of halogens is 1. The van der Waals surface area contributed by atoms with Gasteiger partial charge >= 0.3 is 0 Å². The molecule has 0 fully saturated rings. The molecular weight excluding hydrogens is 360 g/mol. The van der Waals surface area contributed by atoms with Gasteiger partial charge in [-0.15, -0.1) is 0 Å². The summed E-state index contributed by atoms with van der Waals surface area (Å²) < 4.78 is 1.78. The normalized spacial score (nSPS) is 10.9. The van der Waals surface area contributed by atoms with Crippen molar-refractivity contribution in [3.05, 3.63) is 89.3 Å². The van der Waals surface area contributed by atoms with E-state index >= 15 is 0 Å². The maximum atomic E-state index is 12.7. The molecule has 1 amide bonds. The largest absolute Gasteiger partial charge is 0.326 e. The predicted octanol–water partition coefficient (Wildman–Crippen LogP) is 4.37. The number of fused-ring (bicyclic) bond motifs is 1. The van der Waals surface area contributed by atoms with E-state index in [4.69, 9.17) is 17.3 Å². The van der Waals surface area contributed by atoms with E-state index in [0.29, 0.717) is 28.6 Å². The first kappa shape index (κ1) is 17.3. The highest BCUT2D eigenvalue weighted by Gasteiger charge is 2.14. The lowest BCUT2D eigenvalue weighted by atomic mass is 10.1. The number of hydrogen-bond acceptors (Lipinski definition) is 3. The number of anilines is 1. The SMILES string of the molecule is NCc1ccc(-c2ccc3ncc(C(=O)Nc4ccccc4Cl)n3c2)cc1. The molecule has 0 aliphatic rings. The molecule has 4 rings (SSSR count). The fourth-order valence-electron chi connectivity index (χ4n) is 2.90. The molecule has 0 saturated heterocycles. The second-order valence-electron chi connectivity index (χ2n) is 6.12. The zero-order valence-corrected chi connectivity index (χ0v) is 15.1. The molecule has 134 valence electrons. The smallest absolute Gasteiger partial charge is 0.274 e. The molecule has 6 heteroatoms. The van der Waals surface area contributed by atoms with E-state index in [0.717, 1.165) is 16.7 Å². The highest BCUT2D eigenvalue weighted by molar-refractivity contribution is 6.33. The van der Waals surface area contributed by atoms with E-state index < -0.39 is 0 Å². The van der Waals surface area contributed by atoms with E-state index in [1.165, 1.54) is 0 Å². The van der Waals surface area contributed by atoms with Crippen LogP contribution in [-0.4, -0.2) is 15.3 Å². The summed E-state index contributed by atoms with van der Waals surface area (Å²) in [7, 11) is 0. The second kappa shape index (κ2) is 7.23. The van der Waals surface area contributed by atoms with E-state index in [1.54, 1.807) is 22.7 Å². The molecule has 0 saturated carbocycles. The van der Waals surface area contributed by atoms with E-state index in [2.05, 4.69) is 10.3 Å². The number of amides is 1. The Morgan fingerprint density at radius 3 is 2.52 bits per heavy atom. The topological polar surface area (TPSA) is 72.4 Å². The molecular formula is C21H17ClN4O. The first-order valence-electron chi connectivity index (χ1n) is 8.48. The maximum Gasteiger partial charge on any atom is 0.274 e. The Morgan fingerprint density at radius 2 is 1.78 bits per heavy atom. The minimum absolute atomic E-state index is 0.272. The maximum absolute atomic E-state index is 12.7. The van der Waals surface area contributed by atoms with Gasteiger partial charge in [0, 0.05) is 12.7 Å². The summed E-state index contributed by atoms with van der Waals surface area (Å²) in [5.41, 5.74) is 10.4. The minimum Gasteiger partial charge on any atom is -0.326 e. The number of rotatable bonds is 4. The van der Waals surface area contributed by atoms with Crippen LogP contribution in [0.5, 0.6) is 0 Å². The number of carbonyl (C=O) groups excluding carboxylic acids is 1. The summed E-state index contributed by atoms with van der Waals surface area (Å²) in [6.45, 7) is 0.507. The van der Waals surface area contributed by atoms with Gasteiger partial charge in [-0.2, -0.15) is 0 Å². The highest BCUT2D eigenvalue weighted by atomic mass is 35.5. The Labute approximate surface area is 161 Å². The van der Waals surface area contributed by atoms with Crippen LogP contribution in [-0.2, 0) is 6.54 Å². The molecule has 4 aromatic rings. The van der Waals surface area contributed by atoms with Crippen LogP contribution < -0.4 is 11.1 Å². The predicted molar refractivity (Wildman–Crippen MR) is 108 cm³/mol. The van der Waals surface area contributed by atoms with Gasteiger partial charge in [0.1, 0.15) is 11.3 Å². The van der Waals surface area contributed by atoms with Crippen molar-refractivity contribution in [1.29, 1.82) is 0 Å². The first-order valence-corrected chi connectivity index (χ1v) is 8.86. The van der Waals surface area contributed by atoms with Gasteiger partial charge in [-0.1, -0.05) is 48.0 Å². The number of para-hydroxylation sites is 1. The van der Waals surface area contributed by atoms with Crippen molar-refractivity contribution in [2.75, 3.05) is 5.32 Å². The van der Waals surface area contributed by atoms with Crippen molar-refractivity contribution < 1.29 is 4.79 Å². The third-order valence-electron chi connectivity index (χ3n) is 4.38. The van der Waals surface area contributed by atoms with E-state index in [-0.39, 0.29) is 5.91 Å². The van der Waals surface area contributed by atoms with Crippen LogP contribution in [0.4, 0.5) is 5.69 Å². The quantitative estimate of drug-likeness (QED) is 0.555. The minimum atomic E-state index is -0.272. The number of nitrogens with one attached hydrogen (secondary N) is 1. The fraction of sp³-hybridized carbons (Fsp3) is 0.0476. The summed E-state index contributed by atoms with van der Waals surface area (Å²) in [5.74, 6) is -0.272. The molecule has 2 aromatic carbocycles. The van der Waals surface area contributed by atoms with Crippen LogP contribution in [0, 0.1) is 0 Å². The lowest BCUT2D eigenvalue weighted by Crippen LogP contribution is -2.14. The van der Waals surface area contributed by atoms with Crippen molar-refractivity contribution in [1.82, 2.24) is 9.38 Å². The van der Waals surface area contributed by atoms with Crippen LogP contribution in [0.25, 0.3) is 16.8 Å². The molecule has 5 nitrogen and oxygen atoms in total. The Hall–Kier alpha value is -3.15. The molecule has 0 aliphatic carbocycles. The molecule has 2 aromatic heterocycles. The van der Waals surface area contributed by atoms with Crippen LogP contribution in [0.1, 0.15) is 16.1 Å². The number of pyridine rings is 1. The van der Waals surface area contributed by atoms with Crippen molar-refractivity contribution in [3.63, 3.8) is 0 Å². The molecule has 0 radical (unpaired) electrons. The van der Waals surface area contributed by atoms with Crippen molar-refractivity contribution in [2.24, 2.45) is 5.73 Å². The molecule has 27 heavy (non-hydrogen) atoms. The summed E-state index contributed by atoms with van der Waals surface area (Å²) in [5, 5.41) is 3.32. The zero-order chi connectivity index (χ0) is 18.8. The van der Waals surface area contributed by atoms with Crippen molar-refractivity contribution in [2.45, 2.75) is 6.54 Å². The number of aromatic nitrogens is 2.